The van der Waals surface area contributed by atoms with E-state index in [1.165, 1.54) is 0 Å². The zero-order valence-electron chi connectivity index (χ0n) is 21.0. The number of hydrogen-bond acceptors (Lipinski definition) is 6. The second-order valence-corrected chi connectivity index (χ2v) is 12.1. The van der Waals surface area contributed by atoms with Crippen molar-refractivity contribution in [2.75, 3.05) is 31.7 Å². The van der Waals surface area contributed by atoms with Crippen LogP contribution in [0, 0.1) is 11.8 Å². The molecule has 3 aliphatic heterocycles. The van der Waals surface area contributed by atoms with E-state index in [4.69, 9.17) is 9.84 Å². The first kappa shape index (κ1) is 26.5. The summed E-state index contributed by atoms with van der Waals surface area (Å²) < 4.78 is 3.93. The lowest BCUT2D eigenvalue weighted by Crippen LogP contribution is -2.55. The van der Waals surface area contributed by atoms with Crippen molar-refractivity contribution in [1.29, 1.82) is 0 Å². The largest absolute Gasteiger partial charge is 0.497 e. The Morgan fingerprint density at radius 1 is 1.22 bits per heavy atom. The number of anilines is 1. The molecule has 3 saturated heterocycles. The molecule has 5 atom stereocenters. The molecule has 0 aliphatic carbocycles. The van der Waals surface area contributed by atoms with E-state index in [0.717, 1.165) is 12.8 Å². The highest BCUT2D eigenvalue weighted by atomic mass is 32.2. The van der Waals surface area contributed by atoms with E-state index in [-0.39, 0.29) is 25.0 Å². The molecule has 1 aromatic rings. The third-order valence-corrected chi connectivity index (χ3v) is 10.0. The number of amides is 2. The highest BCUT2D eigenvalue weighted by Gasteiger charge is 2.77. The molecule has 196 valence electrons. The zero-order valence-corrected chi connectivity index (χ0v) is 21.8. The Morgan fingerprint density at radius 3 is 2.53 bits per heavy atom. The van der Waals surface area contributed by atoms with Gasteiger partial charge in [0.25, 0.3) is 5.91 Å². The molecular weight excluding hydrogens is 480 g/mol. The normalized spacial score (nSPS) is 30.4. The molecule has 2 N–H and O–H groups in total. The lowest BCUT2D eigenvalue weighted by atomic mass is 9.66. The number of ether oxygens (including phenoxy) is 1. The predicted molar refractivity (Wildman–Crippen MR) is 139 cm³/mol. The van der Waals surface area contributed by atoms with Crippen molar-refractivity contribution in [1.82, 2.24) is 4.90 Å². The molecule has 3 heterocycles. The maximum absolute atomic E-state index is 14.3. The summed E-state index contributed by atoms with van der Waals surface area (Å²) in [5.74, 6) is -2.23. The van der Waals surface area contributed by atoms with E-state index in [1.54, 1.807) is 46.9 Å². The van der Waals surface area contributed by atoms with Gasteiger partial charge >= 0.3 is 5.97 Å². The van der Waals surface area contributed by atoms with Crippen molar-refractivity contribution in [2.45, 2.75) is 61.0 Å². The minimum Gasteiger partial charge on any atom is -0.497 e. The van der Waals surface area contributed by atoms with Gasteiger partial charge < -0.3 is 24.7 Å². The highest BCUT2D eigenvalue weighted by Crippen LogP contribution is 2.71. The third kappa shape index (κ3) is 4.30. The van der Waals surface area contributed by atoms with Gasteiger partial charge in [0.2, 0.25) is 5.91 Å². The number of carbonyl (C=O) groups is 3. The van der Waals surface area contributed by atoms with E-state index in [2.05, 4.69) is 6.58 Å². The van der Waals surface area contributed by atoms with Gasteiger partial charge in [-0.25, -0.2) is 0 Å². The average Bonchev–Trinajstić information content (AvgIpc) is 3.43. The zero-order chi connectivity index (χ0) is 26.1. The molecule has 0 radical (unpaired) electrons. The molecule has 4 rings (SSSR count). The number of hydrogen-bond donors (Lipinski definition) is 2. The lowest BCUT2D eigenvalue weighted by molar-refractivity contribution is -0.150. The number of carboxylic acids is 1. The lowest BCUT2D eigenvalue weighted by Gasteiger charge is -2.37. The van der Waals surface area contributed by atoms with E-state index in [1.807, 2.05) is 19.1 Å². The first-order chi connectivity index (χ1) is 17.2. The fourth-order valence-electron chi connectivity index (χ4n) is 6.43. The number of aliphatic carboxylic acids is 1. The van der Waals surface area contributed by atoms with Crippen molar-refractivity contribution in [3.8, 4) is 5.75 Å². The Kier molecular flexibility index (Phi) is 7.71. The molecule has 36 heavy (non-hydrogen) atoms. The van der Waals surface area contributed by atoms with Crippen LogP contribution in [0.25, 0.3) is 0 Å². The molecule has 2 unspecified atom stereocenters. The topological polar surface area (TPSA) is 107 Å². The van der Waals surface area contributed by atoms with E-state index >= 15 is 0 Å². The summed E-state index contributed by atoms with van der Waals surface area (Å²) in [5.41, 5.74) is 0.675. The number of carbonyl (C=O) groups excluding carboxylic acids is 2. The minimum atomic E-state index is -0.959. The van der Waals surface area contributed by atoms with Gasteiger partial charge in [0, 0.05) is 30.1 Å². The quantitative estimate of drug-likeness (QED) is 0.324. The molecule has 9 heteroatoms. The van der Waals surface area contributed by atoms with Crippen LogP contribution < -0.4 is 9.64 Å². The van der Waals surface area contributed by atoms with Crippen molar-refractivity contribution in [3.05, 3.63) is 36.9 Å². The molecule has 3 fully saturated rings. The number of thioether (sulfide) groups is 1. The Hall–Kier alpha value is -2.52. The van der Waals surface area contributed by atoms with Crippen LogP contribution in [0.4, 0.5) is 5.69 Å². The monoisotopic (exact) mass is 516 g/mol. The second kappa shape index (κ2) is 10.5. The third-order valence-electron chi connectivity index (χ3n) is 8.05. The van der Waals surface area contributed by atoms with Gasteiger partial charge in [0.15, 0.2) is 0 Å². The molecule has 0 aromatic heterocycles. The number of carboxylic acid groups (broad SMARTS) is 1. The molecule has 8 nitrogen and oxygen atoms in total. The number of fused-ring (bicyclic) bond motifs is 1. The fraction of sp³-hybridized carbons (Fsp3) is 0.593. The molecule has 2 amide bonds. The van der Waals surface area contributed by atoms with Crippen LogP contribution in [0.15, 0.2) is 36.9 Å². The predicted octanol–water partition coefficient (Wildman–Crippen LogP) is 3.33. The first-order valence-corrected chi connectivity index (χ1v) is 13.5. The molecule has 0 saturated carbocycles. The minimum absolute atomic E-state index is 0.128. The van der Waals surface area contributed by atoms with Crippen LogP contribution in [-0.4, -0.2) is 75.2 Å². The van der Waals surface area contributed by atoms with Gasteiger partial charge in [-0.2, -0.15) is 0 Å². The van der Waals surface area contributed by atoms with Gasteiger partial charge in [-0.3, -0.25) is 14.4 Å². The van der Waals surface area contributed by atoms with E-state index < -0.39 is 33.3 Å². The SMILES string of the molecule is C=CCN(C(=O)C1N(CCCCCCO)C(=O)[C@@H]2[C@H](C(=O)O)[C@]3(C)CCC12S3)c1ccc(OC)cc1. The van der Waals surface area contributed by atoms with Gasteiger partial charge in [-0.05, 0) is 56.9 Å². The number of unbranched alkanes of at least 4 members (excludes halogenated alkanes) is 3. The van der Waals surface area contributed by atoms with Gasteiger partial charge in [0.1, 0.15) is 11.8 Å². The first-order valence-electron chi connectivity index (χ1n) is 12.6. The molecule has 1 aromatic carbocycles. The van der Waals surface area contributed by atoms with Gasteiger partial charge in [0.05, 0.1) is 23.7 Å². The molecule has 1 spiro atoms. The number of methoxy groups -OCH3 is 1. The Bertz CT molecular complexity index is 1020. The van der Waals surface area contributed by atoms with Gasteiger partial charge in [-0.15, -0.1) is 18.3 Å². The Morgan fingerprint density at radius 2 is 1.92 bits per heavy atom. The average molecular weight is 517 g/mol. The summed E-state index contributed by atoms with van der Waals surface area (Å²) in [4.78, 5) is 43.9. The maximum atomic E-state index is 14.3. The number of aliphatic hydroxyl groups excluding tert-OH is 1. The van der Waals surface area contributed by atoms with Crippen LogP contribution >= 0.6 is 11.8 Å². The van der Waals surface area contributed by atoms with Crippen LogP contribution in [0.2, 0.25) is 0 Å². The van der Waals surface area contributed by atoms with Crippen LogP contribution in [0.3, 0.4) is 0 Å². The van der Waals surface area contributed by atoms with E-state index in [9.17, 15) is 19.5 Å². The standard InChI is InChI=1S/C27H36N2O6S/c1-4-15-28(18-9-11-19(35-3)12-10-18)24(32)22-27-14-13-26(2,36-27)21(25(33)34)20(27)23(31)29(22)16-7-5-6-8-17-30/h4,9-12,20-22,30H,1,5-8,13-17H2,2-3H3,(H,33,34)/t20-,21+,22?,26-,27?/m0/s1. The Balaban J connectivity index is 1.71. The summed E-state index contributed by atoms with van der Waals surface area (Å²) in [6.45, 7) is 6.56. The second-order valence-electron chi connectivity index (χ2n) is 10.2. The summed E-state index contributed by atoms with van der Waals surface area (Å²) in [6.07, 6.45) is 6.02. The number of rotatable bonds is 12. The van der Waals surface area contributed by atoms with Crippen molar-refractivity contribution in [3.63, 3.8) is 0 Å². The van der Waals surface area contributed by atoms with Gasteiger partial charge in [-0.1, -0.05) is 18.9 Å². The summed E-state index contributed by atoms with van der Waals surface area (Å²) in [6, 6.07) is 6.45. The Labute approximate surface area is 216 Å². The van der Waals surface area contributed by atoms with Crippen molar-refractivity contribution in [2.24, 2.45) is 11.8 Å². The molecular formula is C27H36N2O6S. The van der Waals surface area contributed by atoms with Crippen LogP contribution in [0.1, 0.15) is 45.4 Å². The highest BCUT2D eigenvalue weighted by molar-refractivity contribution is 8.02. The summed E-state index contributed by atoms with van der Waals surface area (Å²) in [7, 11) is 1.58. The van der Waals surface area contributed by atoms with E-state index in [0.29, 0.717) is 43.7 Å². The number of nitrogens with zero attached hydrogens (tertiary/aromatic N) is 2. The summed E-state index contributed by atoms with van der Waals surface area (Å²) >= 11 is 1.55. The van der Waals surface area contributed by atoms with Crippen LogP contribution in [-0.2, 0) is 14.4 Å². The summed E-state index contributed by atoms with van der Waals surface area (Å²) in [5, 5.41) is 19.2. The maximum Gasteiger partial charge on any atom is 0.308 e. The van der Waals surface area contributed by atoms with Crippen molar-refractivity contribution < 1.29 is 29.3 Å². The molecule has 3 aliphatic rings. The van der Waals surface area contributed by atoms with Crippen LogP contribution in [0.5, 0.6) is 5.75 Å². The molecule has 2 bridgehead atoms. The fourth-order valence-corrected chi connectivity index (χ4v) is 8.77. The smallest absolute Gasteiger partial charge is 0.308 e. The number of aliphatic hydroxyl groups is 1. The number of benzene rings is 1. The van der Waals surface area contributed by atoms with Crippen molar-refractivity contribution >= 4 is 35.2 Å². The number of likely N-dealkylation sites (tertiary alicyclic amines) is 1.